The van der Waals surface area contributed by atoms with Crippen molar-refractivity contribution in [3.05, 3.63) is 100 Å². The molecule has 2 aliphatic rings. The van der Waals surface area contributed by atoms with E-state index in [2.05, 4.69) is 28.2 Å². The zero-order chi connectivity index (χ0) is 54.8. The topological polar surface area (TPSA) is 299 Å². The number of carbonyl (C=O) groups is 6. The van der Waals surface area contributed by atoms with Crippen molar-refractivity contribution in [2.45, 2.75) is 191 Å². The van der Waals surface area contributed by atoms with Gasteiger partial charge in [0.05, 0.1) is 6.04 Å². The summed E-state index contributed by atoms with van der Waals surface area (Å²) in [7, 11) is 0. The second-order valence-corrected chi connectivity index (χ2v) is 20.6. The number of aliphatic carboxylic acids is 1. The molecule has 19 nitrogen and oxygen atoms in total. The molecule has 0 bridgehead atoms. The lowest BCUT2D eigenvalue weighted by Gasteiger charge is -2.39. The van der Waals surface area contributed by atoms with Crippen LogP contribution in [0, 0.1) is 13.8 Å². The Bertz CT molecular complexity index is 2360. The molecule has 3 aromatic rings. The van der Waals surface area contributed by atoms with Crippen LogP contribution in [0.4, 0.5) is 0 Å². The van der Waals surface area contributed by atoms with Crippen molar-refractivity contribution < 1.29 is 63.8 Å². The third kappa shape index (κ3) is 17.3. The van der Waals surface area contributed by atoms with E-state index in [0.29, 0.717) is 12.0 Å². The zero-order valence-corrected chi connectivity index (χ0v) is 44.1. The summed E-state index contributed by atoms with van der Waals surface area (Å²) in [5.74, 6) is -4.72. The van der Waals surface area contributed by atoms with Crippen molar-refractivity contribution in [1.29, 1.82) is 0 Å². The van der Waals surface area contributed by atoms with Crippen molar-refractivity contribution in [3.63, 3.8) is 0 Å². The molecule has 5 rings (SSSR count). The second-order valence-electron chi connectivity index (χ2n) is 20.6. The largest absolute Gasteiger partial charge is 0.508 e. The normalized spacial score (nSPS) is 20.7. The number of carboxylic acid groups (broad SMARTS) is 1. The lowest BCUT2D eigenvalue weighted by molar-refractivity contribution is -0.290. The number of aromatic hydroxyl groups is 1. The molecule has 0 unspecified atom stereocenters. The maximum atomic E-state index is 14.6. The maximum Gasteiger partial charge on any atom is 0.328 e. The van der Waals surface area contributed by atoms with E-state index in [1.807, 2.05) is 38.1 Å². The van der Waals surface area contributed by atoms with Crippen LogP contribution in [-0.4, -0.2) is 140 Å². The van der Waals surface area contributed by atoms with Gasteiger partial charge in [0.15, 0.2) is 12.4 Å². The molecule has 412 valence electrons. The van der Waals surface area contributed by atoms with Crippen LogP contribution in [0.2, 0.25) is 0 Å². The number of fused-ring (bicyclic) bond motifs is 1. The fraction of sp³-hybridized carbons (Fsp3) is 0.571. The molecule has 1 saturated heterocycles. The van der Waals surface area contributed by atoms with Crippen LogP contribution in [-0.2, 0) is 64.0 Å². The average Bonchev–Trinajstić information content (AvgIpc) is 3.37. The number of unbranched alkanes of at least 4 members (excludes halogenated alkanes) is 8. The first-order valence-electron chi connectivity index (χ1n) is 26.4. The number of aliphatic hydroxyl groups is 3. The number of rotatable bonds is 28. The van der Waals surface area contributed by atoms with Crippen molar-refractivity contribution in [1.82, 2.24) is 26.2 Å². The highest BCUT2D eigenvalue weighted by Crippen LogP contribution is 2.28. The number of benzene rings is 3. The van der Waals surface area contributed by atoms with Gasteiger partial charge in [0, 0.05) is 32.5 Å². The highest BCUT2D eigenvalue weighted by molar-refractivity contribution is 5.96. The number of carbonyl (C=O) groups excluding carboxylic acids is 5. The molecule has 75 heavy (non-hydrogen) atoms. The van der Waals surface area contributed by atoms with Crippen LogP contribution in [0.15, 0.2) is 66.7 Å². The molecule has 0 radical (unpaired) electrons. The summed E-state index contributed by atoms with van der Waals surface area (Å²) in [6.07, 6.45) is 1.09. The standard InChI is InChI=1S/C56H80N6O13/c1-6-7-8-9-10-11-12-20-27-74-54-47(66)45(64)46(65)48(75-54)52(70)58-26-19-18-25-42(50(68)61-56(4,5)55(72)73)59-49(67)43(30-36-21-14-13-15-22-36)60-51(69)44-31-37-23-16-17-24-38(37)33-62(44)53(71)41(57)32-40-34(2)28-39(63)29-35(40)3/h13-17,21-24,28-29,41-48,54,63-66H,6-12,18-20,25-27,30-33,57H2,1-5H3,(H,58,70)(H,59,67)(H,60,69)(H,61,68)(H,72,73)/t41-,42+,43-,44-,45-,46-,47+,48-,54+/m0/s1. The SMILES string of the molecule is CCCCCCCCCCO[C@@H]1O[C@H](C(=O)NCCCC[C@@H](NC(=O)[C@H](Cc2ccccc2)NC(=O)[C@@H]2Cc3ccccc3CN2C(=O)[C@@H](N)Cc2c(C)cc(O)cc2C)C(=O)NC(C)(C)C(=O)O)[C@@H](O)[C@H](O)[C@H]1O. The number of nitrogens with one attached hydrogen (secondary N) is 4. The van der Waals surface area contributed by atoms with Crippen LogP contribution < -0.4 is 27.0 Å². The van der Waals surface area contributed by atoms with Gasteiger partial charge in [-0.15, -0.1) is 0 Å². The Balaban J connectivity index is 1.26. The van der Waals surface area contributed by atoms with Crippen LogP contribution in [0.5, 0.6) is 5.75 Å². The van der Waals surface area contributed by atoms with Gasteiger partial charge in [0.1, 0.15) is 47.7 Å². The Morgan fingerprint density at radius 1 is 0.760 bits per heavy atom. The first-order valence-corrected chi connectivity index (χ1v) is 26.4. The van der Waals surface area contributed by atoms with Gasteiger partial charge < -0.3 is 66.9 Å². The Morgan fingerprint density at radius 2 is 1.39 bits per heavy atom. The summed E-state index contributed by atoms with van der Waals surface area (Å²) in [5, 5.41) is 62.6. The zero-order valence-electron chi connectivity index (χ0n) is 44.1. The Morgan fingerprint density at radius 3 is 2.04 bits per heavy atom. The number of phenols is 1. The van der Waals surface area contributed by atoms with Gasteiger partial charge in [-0.3, -0.25) is 24.0 Å². The molecule has 0 spiro atoms. The molecule has 11 N–H and O–H groups in total. The highest BCUT2D eigenvalue weighted by atomic mass is 16.7. The van der Waals surface area contributed by atoms with Gasteiger partial charge in [-0.25, -0.2) is 4.79 Å². The monoisotopic (exact) mass is 1040 g/mol. The summed E-state index contributed by atoms with van der Waals surface area (Å²) in [6, 6.07) is 14.7. The number of nitrogens with zero attached hydrogens (tertiary/aromatic N) is 1. The van der Waals surface area contributed by atoms with Gasteiger partial charge in [-0.05, 0) is 105 Å². The van der Waals surface area contributed by atoms with Gasteiger partial charge >= 0.3 is 5.97 Å². The summed E-state index contributed by atoms with van der Waals surface area (Å²) in [5.41, 5.74) is 9.51. The smallest absolute Gasteiger partial charge is 0.328 e. The van der Waals surface area contributed by atoms with Crippen molar-refractivity contribution in [2.24, 2.45) is 5.73 Å². The van der Waals surface area contributed by atoms with E-state index >= 15 is 0 Å². The van der Waals surface area contributed by atoms with E-state index in [9.17, 15) is 54.3 Å². The number of phenolic OH excluding ortho intramolecular Hbond substituents is 1. The molecule has 0 aliphatic carbocycles. The number of hydrogen-bond donors (Lipinski definition) is 10. The lowest BCUT2D eigenvalue weighted by Crippen LogP contribution is -2.62. The second kappa shape index (κ2) is 28.8. The molecular weight excluding hydrogens is 965 g/mol. The Labute approximate surface area is 440 Å². The van der Waals surface area contributed by atoms with Gasteiger partial charge in [0.25, 0.3) is 5.91 Å². The van der Waals surface area contributed by atoms with E-state index in [-0.39, 0.29) is 64.0 Å². The van der Waals surface area contributed by atoms with E-state index in [1.54, 1.807) is 42.5 Å². The summed E-state index contributed by atoms with van der Waals surface area (Å²) >= 11 is 0. The van der Waals surface area contributed by atoms with E-state index in [4.69, 9.17) is 15.2 Å². The number of amides is 5. The Kier molecular flexibility index (Phi) is 23.0. The number of nitrogens with two attached hydrogens (primary N) is 1. The predicted octanol–water partition coefficient (Wildman–Crippen LogP) is 3.28. The number of ether oxygens (including phenoxy) is 2. The van der Waals surface area contributed by atoms with Crippen LogP contribution >= 0.6 is 0 Å². The van der Waals surface area contributed by atoms with Gasteiger partial charge in [0.2, 0.25) is 23.6 Å². The van der Waals surface area contributed by atoms with E-state index < -0.39 is 95.9 Å². The number of aryl methyl sites for hydroxylation is 2. The molecule has 9 atom stereocenters. The van der Waals surface area contributed by atoms with Gasteiger partial charge in [-0.2, -0.15) is 0 Å². The molecule has 2 aliphatic heterocycles. The van der Waals surface area contributed by atoms with Crippen LogP contribution in [0.3, 0.4) is 0 Å². The molecular formula is C56H80N6O13. The summed E-state index contributed by atoms with van der Waals surface area (Å²) < 4.78 is 11.3. The van der Waals surface area contributed by atoms with Crippen molar-refractivity contribution in [3.8, 4) is 5.75 Å². The minimum Gasteiger partial charge on any atom is -0.508 e. The fourth-order valence-corrected chi connectivity index (χ4v) is 9.54. The maximum absolute atomic E-state index is 14.6. The quantitative estimate of drug-likeness (QED) is 0.0468. The van der Waals surface area contributed by atoms with Crippen molar-refractivity contribution >= 4 is 35.5 Å². The molecule has 2 heterocycles. The molecule has 19 heteroatoms. The van der Waals surface area contributed by atoms with Crippen LogP contribution in [0.25, 0.3) is 0 Å². The minimum absolute atomic E-state index is 0.000976. The lowest BCUT2D eigenvalue weighted by atomic mass is 9.91. The van der Waals surface area contributed by atoms with Crippen molar-refractivity contribution in [2.75, 3.05) is 13.2 Å². The molecule has 0 aromatic heterocycles. The third-order valence-electron chi connectivity index (χ3n) is 14.1. The van der Waals surface area contributed by atoms with Crippen LogP contribution in [0.1, 0.15) is 125 Å². The average molecular weight is 1050 g/mol. The highest BCUT2D eigenvalue weighted by Gasteiger charge is 2.47. The Hall–Kier alpha value is -5.96. The fourth-order valence-electron chi connectivity index (χ4n) is 9.54. The first-order chi connectivity index (χ1) is 35.7. The molecule has 5 amide bonds. The van der Waals surface area contributed by atoms with E-state index in [1.165, 1.54) is 44.4 Å². The van der Waals surface area contributed by atoms with Gasteiger partial charge in [-0.1, -0.05) is 106 Å². The number of hydrogen-bond acceptors (Lipinski definition) is 13. The number of carboxylic acids is 1. The molecule has 3 aromatic carbocycles. The predicted molar refractivity (Wildman–Crippen MR) is 280 cm³/mol. The van der Waals surface area contributed by atoms with E-state index in [0.717, 1.165) is 47.1 Å². The summed E-state index contributed by atoms with van der Waals surface area (Å²) in [4.78, 5) is 84.3. The molecule has 1 fully saturated rings. The minimum atomic E-state index is -1.76. The summed E-state index contributed by atoms with van der Waals surface area (Å²) in [6.45, 7) is 8.67. The first kappa shape index (κ1) is 59.9. The molecule has 0 saturated carbocycles. The number of aliphatic hydroxyl groups excluding tert-OH is 3. The third-order valence-corrected chi connectivity index (χ3v) is 14.1.